The molecule has 1 heterocycles. The number of H-pyrrole nitrogens is 1. The van der Waals surface area contributed by atoms with E-state index in [4.69, 9.17) is 0 Å². The van der Waals surface area contributed by atoms with Gasteiger partial charge in [-0.05, 0) is 12.1 Å². The Morgan fingerprint density at radius 1 is 1.09 bits per heavy atom. The van der Waals surface area contributed by atoms with E-state index < -0.39 is 18.1 Å². The normalized spacial score (nSPS) is 12.2. The van der Waals surface area contributed by atoms with Crippen molar-refractivity contribution in [3.05, 3.63) is 76.2 Å². The van der Waals surface area contributed by atoms with Gasteiger partial charge in [0.1, 0.15) is 5.69 Å². The van der Waals surface area contributed by atoms with Crippen LogP contribution in [-0.4, -0.2) is 27.5 Å². The Morgan fingerprint density at radius 2 is 1.77 bits per heavy atom. The number of ketones is 1. The second-order valence-corrected chi connectivity index (χ2v) is 4.93. The lowest BCUT2D eigenvalue weighted by Gasteiger charge is -2.12. The predicted molar refractivity (Wildman–Crippen MR) is 83.0 cm³/mol. The van der Waals surface area contributed by atoms with Crippen LogP contribution in [0.3, 0.4) is 0 Å². The first kappa shape index (κ1) is 14.2. The molecule has 0 saturated carbocycles. The molecule has 22 heavy (non-hydrogen) atoms. The Labute approximate surface area is 126 Å². The second kappa shape index (κ2) is 5.91. The number of benzene rings is 2. The van der Waals surface area contributed by atoms with Crippen LogP contribution >= 0.6 is 0 Å². The number of Topliss-reactive ketones (excluding diaryl/α,β-unsaturated/α-hetero) is 1. The molecule has 5 heteroatoms. The van der Waals surface area contributed by atoms with Gasteiger partial charge in [0.15, 0.2) is 5.78 Å². The summed E-state index contributed by atoms with van der Waals surface area (Å²) < 4.78 is 0. The Hall–Kier alpha value is -2.79. The molecule has 0 aliphatic rings. The quantitative estimate of drug-likeness (QED) is 0.720. The molecule has 1 aromatic heterocycles. The van der Waals surface area contributed by atoms with Crippen LogP contribution in [0.4, 0.5) is 0 Å². The molecule has 0 fully saturated rings. The van der Waals surface area contributed by atoms with E-state index in [-0.39, 0.29) is 11.5 Å². The Kier molecular flexibility index (Phi) is 3.80. The lowest BCUT2D eigenvalue weighted by molar-refractivity contribution is 0.0919. The van der Waals surface area contributed by atoms with Crippen molar-refractivity contribution < 1.29 is 9.90 Å². The third-order valence-electron chi connectivity index (χ3n) is 3.51. The summed E-state index contributed by atoms with van der Waals surface area (Å²) in [5.74, 6) is -1.30. The van der Waals surface area contributed by atoms with Crippen molar-refractivity contribution in [1.82, 2.24) is 9.97 Å². The molecule has 0 bridgehead atoms. The summed E-state index contributed by atoms with van der Waals surface area (Å²) >= 11 is 0. The number of para-hydroxylation sites is 2. The summed E-state index contributed by atoms with van der Waals surface area (Å²) in [7, 11) is 0. The molecule has 0 aliphatic heterocycles. The van der Waals surface area contributed by atoms with E-state index in [2.05, 4.69) is 9.97 Å². The van der Waals surface area contributed by atoms with Crippen molar-refractivity contribution in [1.29, 1.82) is 0 Å². The van der Waals surface area contributed by atoms with Gasteiger partial charge >= 0.3 is 0 Å². The molecular weight excluding hydrogens is 280 g/mol. The number of nitrogens with one attached hydrogen (secondary N) is 1. The van der Waals surface area contributed by atoms with Gasteiger partial charge in [-0.2, -0.15) is 0 Å². The first-order chi connectivity index (χ1) is 10.7. The van der Waals surface area contributed by atoms with Crippen molar-refractivity contribution in [2.24, 2.45) is 0 Å². The number of aliphatic hydroxyl groups is 1. The van der Waals surface area contributed by atoms with Gasteiger partial charge in [-0.25, -0.2) is 4.98 Å². The zero-order valence-corrected chi connectivity index (χ0v) is 11.7. The monoisotopic (exact) mass is 294 g/mol. The number of aromatic nitrogens is 2. The van der Waals surface area contributed by atoms with E-state index in [0.29, 0.717) is 16.6 Å². The van der Waals surface area contributed by atoms with Crippen LogP contribution in [0, 0.1) is 0 Å². The number of aliphatic hydroxyl groups excluding tert-OH is 1. The van der Waals surface area contributed by atoms with Crippen LogP contribution < -0.4 is 5.56 Å². The van der Waals surface area contributed by atoms with Gasteiger partial charge in [0.2, 0.25) is 0 Å². The van der Waals surface area contributed by atoms with E-state index >= 15 is 0 Å². The number of rotatable bonds is 4. The van der Waals surface area contributed by atoms with Crippen molar-refractivity contribution in [3.8, 4) is 0 Å². The van der Waals surface area contributed by atoms with E-state index in [0.717, 1.165) is 0 Å². The molecule has 5 nitrogen and oxygen atoms in total. The highest BCUT2D eigenvalue weighted by molar-refractivity contribution is 6.00. The molecule has 1 unspecified atom stereocenters. The molecular formula is C17H14N2O3. The number of aromatic amines is 1. The van der Waals surface area contributed by atoms with Crippen molar-refractivity contribution in [2.45, 2.75) is 5.92 Å². The van der Waals surface area contributed by atoms with Crippen molar-refractivity contribution in [2.75, 3.05) is 6.61 Å². The van der Waals surface area contributed by atoms with E-state index in [9.17, 15) is 14.7 Å². The number of hydrogen-bond donors (Lipinski definition) is 2. The molecule has 1 atom stereocenters. The van der Waals surface area contributed by atoms with Crippen LogP contribution in [0.2, 0.25) is 0 Å². The molecule has 0 radical (unpaired) electrons. The van der Waals surface area contributed by atoms with Gasteiger partial charge in [0.05, 0.1) is 23.6 Å². The smallest absolute Gasteiger partial charge is 0.270 e. The molecule has 0 saturated heterocycles. The molecule has 0 amide bonds. The van der Waals surface area contributed by atoms with Gasteiger partial charge < -0.3 is 10.1 Å². The maximum atomic E-state index is 12.5. The van der Waals surface area contributed by atoms with E-state index in [1.807, 2.05) is 0 Å². The SMILES string of the molecule is O=C(c1ccccc1)C(CO)c1nc2ccccc2[nH]c1=O. The average Bonchev–Trinajstić information content (AvgIpc) is 2.56. The number of fused-ring (bicyclic) bond motifs is 1. The maximum absolute atomic E-state index is 12.5. The molecule has 110 valence electrons. The topological polar surface area (TPSA) is 83.0 Å². The summed E-state index contributed by atoms with van der Waals surface area (Å²) in [6.07, 6.45) is 0. The number of carbonyl (C=O) groups is 1. The van der Waals surface area contributed by atoms with Gasteiger partial charge in [-0.3, -0.25) is 9.59 Å². The zero-order valence-electron chi connectivity index (χ0n) is 11.7. The third-order valence-corrected chi connectivity index (χ3v) is 3.51. The fourth-order valence-corrected chi connectivity index (χ4v) is 2.38. The maximum Gasteiger partial charge on any atom is 0.270 e. The molecule has 3 rings (SSSR count). The van der Waals surface area contributed by atoms with Gasteiger partial charge in [-0.1, -0.05) is 42.5 Å². The summed E-state index contributed by atoms with van der Waals surface area (Å²) in [4.78, 5) is 31.7. The first-order valence-electron chi connectivity index (χ1n) is 6.90. The van der Waals surface area contributed by atoms with Gasteiger partial charge in [0, 0.05) is 5.56 Å². The summed E-state index contributed by atoms with van der Waals surface area (Å²) in [5.41, 5.74) is 1.20. The predicted octanol–water partition coefficient (Wildman–Crippen LogP) is 1.88. The largest absolute Gasteiger partial charge is 0.395 e. The number of carbonyl (C=O) groups excluding carboxylic acids is 1. The van der Waals surface area contributed by atoms with Crippen molar-refractivity contribution in [3.63, 3.8) is 0 Å². The number of hydrogen-bond acceptors (Lipinski definition) is 4. The van der Waals surface area contributed by atoms with Gasteiger partial charge in [-0.15, -0.1) is 0 Å². The fourth-order valence-electron chi connectivity index (χ4n) is 2.38. The average molecular weight is 294 g/mol. The van der Waals surface area contributed by atoms with E-state index in [1.165, 1.54) is 0 Å². The minimum atomic E-state index is -0.976. The van der Waals surface area contributed by atoms with Crippen molar-refractivity contribution >= 4 is 16.8 Å². The minimum absolute atomic E-state index is 0.0371. The molecule has 2 N–H and O–H groups in total. The highest BCUT2D eigenvalue weighted by atomic mass is 16.3. The first-order valence-corrected chi connectivity index (χ1v) is 6.90. The van der Waals surface area contributed by atoms with Crippen LogP contribution in [0.15, 0.2) is 59.4 Å². The standard InChI is InChI=1S/C17H14N2O3/c20-10-12(16(21)11-6-2-1-3-7-11)15-17(22)19-14-9-5-4-8-13(14)18-15/h1-9,12,20H,10H2,(H,19,22). The summed E-state index contributed by atoms with van der Waals surface area (Å²) in [5, 5.41) is 9.59. The highest BCUT2D eigenvalue weighted by Gasteiger charge is 2.25. The fraction of sp³-hybridized carbons (Fsp3) is 0.118. The zero-order chi connectivity index (χ0) is 15.5. The number of nitrogens with zero attached hydrogens (tertiary/aromatic N) is 1. The molecule has 3 aromatic rings. The van der Waals surface area contributed by atoms with Crippen LogP contribution in [-0.2, 0) is 0 Å². The molecule has 2 aromatic carbocycles. The van der Waals surface area contributed by atoms with Gasteiger partial charge in [0.25, 0.3) is 5.56 Å². The highest BCUT2D eigenvalue weighted by Crippen LogP contribution is 2.18. The lowest BCUT2D eigenvalue weighted by atomic mass is 9.95. The molecule has 0 spiro atoms. The lowest BCUT2D eigenvalue weighted by Crippen LogP contribution is -2.26. The summed E-state index contributed by atoms with van der Waals surface area (Å²) in [6.45, 7) is -0.470. The minimum Gasteiger partial charge on any atom is -0.395 e. The van der Waals surface area contributed by atoms with Crippen LogP contribution in [0.25, 0.3) is 11.0 Å². The molecule has 0 aliphatic carbocycles. The summed E-state index contributed by atoms with van der Waals surface area (Å²) in [6, 6.07) is 15.6. The third kappa shape index (κ3) is 2.54. The Bertz CT molecular complexity index is 872. The van der Waals surface area contributed by atoms with Crippen LogP contribution in [0.1, 0.15) is 22.0 Å². The van der Waals surface area contributed by atoms with E-state index in [1.54, 1.807) is 54.6 Å². The van der Waals surface area contributed by atoms with Crippen LogP contribution in [0.5, 0.6) is 0 Å². The Morgan fingerprint density at radius 3 is 2.50 bits per heavy atom. The Balaban J connectivity index is 2.09. The second-order valence-electron chi connectivity index (χ2n) is 4.93.